The van der Waals surface area contributed by atoms with E-state index in [0.717, 1.165) is 51.1 Å². The molecule has 0 saturated carbocycles. The first-order valence-corrected chi connectivity index (χ1v) is 17.2. The third kappa shape index (κ3) is 6.33. The van der Waals surface area contributed by atoms with Crippen LogP contribution >= 0.6 is 0 Å². The van der Waals surface area contributed by atoms with Gasteiger partial charge in [-0.25, -0.2) is 29.0 Å². The lowest BCUT2D eigenvalue weighted by Gasteiger charge is -2.08. The van der Waals surface area contributed by atoms with Crippen molar-refractivity contribution in [3.63, 3.8) is 0 Å². The van der Waals surface area contributed by atoms with Crippen molar-refractivity contribution in [3.05, 3.63) is 132 Å². The van der Waals surface area contributed by atoms with E-state index in [9.17, 15) is 10.2 Å². The average molecular weight is 695 g/mol. The van der Waals surface area contributed by atoms with E-state index in [4.69, 9.17) is 30.0 Å². The van der Waals surface area contributed by atoms with Gasteiger partial charge in [-0.3, -0.25) is 9.97 Å². The molecule has 2 unspecified atom stereocenters. The summed E-state index contributed by atoms with van der Waals surface area (Å²) in [5, 5.41) is 31.9. The summed E-state index contributed by atoms with van der Waals surface area (Å²) < 4.78 is 7.28. The quantitative estimate of drug-likeness (QED) is 0.200. The molecule has 2 N–H and O–H groups in total. The third-order valence-electron chi connectivity index (χ3n) is 9.27. The van der Waals surface area contributed by atoms with Crippen molar-refractivity contribution >= 4 is 11.3 Å². The fourth-order valence-corrected chi connectivity index (χ4v) is 6.45. The summed E-state index contributed by atoms with van der Waals surface area (Å²) in [5.74, 6) is 2.07. The Bertz CT molecular complexity index is 2520. The van der Waals surface area contributed by atoms with E-state index in [1.54, 1.807) is 21.4 Å². The Balaban J connectivity index is 1.00. The van der Waals surface area contributed by atoms with Gasteiger partial charge in [0, 0.05) is 62.9 Å². The van der Waals surface area contributed by atoms with Crippen molar-refractivity contribution in [3.8, 4) is 22.5 Å². The van der Waals surface area contributed by atoms with Gasteiger partial charge in [-0.05, 0) is 26.7 Å². The molecule has 262 valence electrons. The van der Waals surface area contributed by atoms with Gasteiger partial charge >= 0.3 is 0 Å². The van der Waals surface area contributed by atoms with Crippen LogP contribution in [0.1, 0.15) is 58.3 Å². The van der Waals surface area contributed by atoms with Crippen LogP contribution < -0.4 is 0 Å². The maximum absolute atomic E-state index is 11.3. The minimum absolute atomic E-state index is 0.191. The number of aromatic nitrogens is 12. The second-order valence-corrected chi connectivity index (χ2v) is 13.1. The normalized spacial score (nSPS) is 13.0. The molecule has 0 fully saturated rings. The molecule has 8 aromatic rings. The number of hydrogen-bond donors (Lipinski definition) is 2. The average Bonchev–Trinajstić information content (AvgIpc) is 3.96. The standard InChI is InChI=1S/C38H38N12O2/c1-23-19-40-28(37-44-35(46-49(23)37)31(51)18-34-41-29(21-47(34)3)25-11-7-5-8-12-25)16-15-27-20-39-24(2)36-43-33(45-50(27)36)17-32(52)38-42-30(22-48(38)4)26-13-9-6-10-14-26/h5-14,19-22,31-32,51-52H,15-18H2,1-4H3. The molecule has 0 bridgehead atoms. The number of imidazole rings is 2. The lowest BCUT2D eigenvalue weighted by atomic mass is 10.2. The van der Waals surface area contributed by atoms with Gasteiger partial charge in [-0.1, -0.05) is 60.7 Å². The monoisotopic (exact) mass is 694 g/mol. The lowest BCUT2D eigenvalue weighted by molar-refractivity contribution is 0.162. The van der Waals surface area contributed by atoms with E-state index in [2.05, 4.69) is 10.1 Å². The molecule has 0 amide bonds. The first kappa shape index (κ1) is 33.0. The molecule has 0 aliphatic heterocycles. The first-order valence-electron chi connectivity index (χ1n) is 17.2. The highest BCUT2D eigenvalue weighted by Gasteiger charge is 2.22. The highest BCUT2D eigenvalue weighted by Crippen LogP contribution is 2.25. The predicted molar refractivity (Wildman–Crippen MR) is 193 cm³/mol. The van der Waals surface area contributed by atoms with E-state index in [1.807, 2.05) is 110 Å². The number of hydrogen-bond acceptors (Lipinski definition) is 10. The van der Waals surface area contributed by atoms with Crippen LogP contribution in [-0.2, 0) is 39.8 Å². The van der Waals surface area contributed by atoms with Crippen molar-refractivity contribution < 1.29 is 10.2 Å². The van der Waals surface area contributed by atoms with Crippen LogP contribution in [0.4, 0.5) is 0 Å². The summed E-state index contributed by atoms with van der Waals surface area (Å²) in [4.78, 5) is 28.3. The van der Waals surface area contributed by atoms with Crippen molar-refractivity contribution in [2.45, 2.75) is 51.7 Å². The maximum Gasteiger partial charge on any atom is 0.180 e. The Morgan fingerprint density at radius 2 is 1.35 bits per heavy atom. The molecule has 0 spiro atoms. The minimum Gasteiger partial charge on any atom is -0.385 e. The van der Waals surface area contributed by atoms with Gasteiger partial charge < -0.3 is 19.3 Å². The molecular weight excluding hydrogens is 656 g/mol. The number of aryl methyl sites for hydroxylation is 6. The van der Waals surface area contributed by atoms with Gasteiger partial charge in [-0.2, -0.15) is 5.10 Å². The molecule has 0 aliphatic rings. The number of aliphatic hydroxyl groups is 2. The number of fused-ring (bicyclic) bond motifs is 2. The highest BCUT2D eigenvalue weighted by molar-refractivity contribution is 5.59. The fraction of sp³-hybridized carbons (Fsp3) is 0.263. The van der Waals surface area contributed by atoms with Gasteiger partial charge in [-0.15, -0.1) is 5.10 Å². The van der Waals surface area contributed by atoms with Crippen molar-refractivity contribution in [1.82, 2.24) is 58.3 Å². The van der Waals surface area contributed by atoms with E-state index in [1.165, 1.54) is 0 Å². The fourth-order valence-electron chi connectivity index (χ4n) is 6.45. The Morgan fingerprint density at radius 3 is 2.08 bits per heavy atom. The smallest absolute Gasteiger partial charge is 0.180 e. The van der Waals surface area contributed by atoms with Crippen LogP contribution in [0.25, 0.3) is 33.8 Å². The van der Waals surface area contributed by atoms with E-state index < -0.39 is 12.2 Å². The molecule has 0 aliphatic carbocycles. The third-order valence-corrected chi connectivity index (χ3v) is 9.27. The van der Waals surface area contributed by atoms with Crippen LogP contribution in [0.15, 0.2) is 85.5 Å². The molecule has 2 aromatic carbocycles. The van der Waals surface area contributed by atoms with Crippen molar-refractivity contribution in [2.75, 3.05) is 0 Å². The SMILES string of the molecule is Cc1ncc(CCc2ncc(C)n3nc(C(O)Cc4nc(-c5ccccc5)cn4C)nc23)n2nc(CC(O)c3nc(-c4ccccc4)cn3C)nc12. The second-order valence-electron chi connectivity index (χ2n) is 13.1. The zero-order valence-corrected chi connectivity index (χ0v) is 29.3. The topological polar surface area (TPSA) is 162 Å². The Kier molecular flexibility index (Phi) is 8.61. The molecule has 6 heterocycles. The zero-order valence-electron chi connectivity index (χ0n) is 29.3. The summed E-state index contributed by atoms with van der Waals surface area (Å²) in [6.07, 6.45) is 7.07. The number of rotatable bonds is 11. The molecule has 14 heteroatoms. The molecular formula is C38H38N12O2. The summed E-state index contributed by atoms with van der Waals surface area (Å²) >= 11 is 0. The lowest BCUT2D eigenvalue weighted by Crippen LogP contribution is -2.10. The second kappa shape index (κ2) is 13.5. The number of benzene rings is 2. The first-order chi connectivity index (χ1) is 25.2. The van der Waals surface area contributed by atoms with Gasteiger partial charge in [0.25, 0.3) is 0 Å². The van der Waals surface area contributed by atoms with Crippen LogP contribution in [0.2, 0.25) is 0 Å². The minimum atomic E-state index is -0.961. The maximum atomic E-state index is 11.3. The Hall–Kier alpha value is -6.12. The largest absolute Gasteiger partial charge is 0.385 e. The molecule has 14 nitrogen and oxygen atoms in total. The summed E-state index contributed by atoms with van der Waals surface area (Å²) in [5.41, 5.74) is 7.94. The molecule has 6 aromatic heterocycles. The zero-order chi connectivity index (χ0) is 35.9. The Morgan fingerprint density at radius 1 is 0.654 bits per heavy atom. The van der Waals surface area contributed by atoms with Crippen LogP contribution in [0, 0.1) is 13.8 Å². The summed E-state index contributed by atoms with van der Waals surface area (Å²) in [7, 11) is 3.79. The number of aliphatic hydroxyl groups excluding tert-OH is 2. The highest BCUT2D eigenvalue weighted by atomic mass is 16.3. The van der Waals surface area contributed by atoms with Crippen LogP contribution in [0.3, 0.4) is 0 Å². The van der Waals surface area contributed by atoms with Crippen LogP contribution in [0.5, 0.6) is 0 Å². The van der Waals surface area contributed by atoms with Gasteiger partial charge in [0.2, 0.25) is 0 Å². The molecule has 52 heavy (non-hydrogen) atoms. The van der Waals surface area contributed by atoms with Gasteiger partial charge in [0.1, 0.15) is 23.9 Å². The molecule has 2 atom stereocenters. The molecule has 0 radical (unpaired) electrons. The molecule has 0 saturated heterocycles. The number of nitrogens with zero attached hydrogens (tertiary/aromatic N) is 12. The van der Waals surface area contributed by atoms with E-state index in [-0.39, 0.29) is 12.8 Å². The van der Waals surface area contributed by atoms with Gasteiger partial charge in [0.05, 0.1) is 34.2 Å². The van der Waals surface area contributed by atoms with Crippen LogP contribution in [-0.4, -0.2) is 68.5 Å². The predicted octanol–water partition coefficient (Wildman–Crippen LogP) is 4.32. The van der Waals surface area contributed by atoms with Crippen molar-refractivity contribution in [2.24, 2.45) is 14.1 Å². The van der Waals surface area contributed by atoms with E-state index in [0.29, 0.717) is 41.6 Å². The van der Waals surface area contributed by atoms with Gasteiger partial charge in [0.15, 0.2) is 22.9 Å². The summed E-state index contributed by atoms with van der Waals surface area (Å²) in [6.45, 7) is 3.80. The van der Waals surface area contributed by atoms with E-state index >= 15 is 0 Å². The molecule has 8 rings (SSSR count). The Labute approximate surface area is 299 Å². The summed E-state index contributed by atoms with van der Waals surface area (Å²) in [6, 6.07) is 19.8. The van der Waals surface area contributed by atoms with Crippen molar-refractivity contribution in [1.29, 1.82) is 0 Å².